The third-order valence-electron chi connectivity index (χ3n) is 4.72. The van der Waals surface area contributed by atoms with Gasteiger partial charge in [-0.1, -0.05) is 49.9 Å². The molecular formula is C18H29N. The Morgan fingerprint density at radius 2 is 1.89 bits per heavy atom. The number of hydrogen-bond acceptors (Lipinski definition) is 1. The van der Waals surface area contributed by atoms with E-state index in [1.165, 1.54) is 55.2 Å². The van der Waals surface area contributed by atoms with Crippen LogP contribution in [0, 0.1) is 19.8 Å². The molecule has 1 unspecified atom stereocenters. The molecule has 0 amide bonds. The summed E-state index contributed by atoms with van der Waals surface area (Å²) in [6, 6.07) is 7.49. The van der Waals surface area contributed by atoms with Crippen molar-refractivity contribution in [1.82, 2.24) is 5.32 Å². The zero-order valence-corrected chi connectivity index (χ0v) is 12.8. The van der Waals surface area contributed by atoms with Gasteiger partial charge < -0.3 is 5.32 Å². The summed E-state index contributed by atoms with van der Waals surface area (Å²) in [5.74, 6) is 0.906. The number of rotatable bonds is 5. The summed E-state index contributed by atoms with van der Waals surface area (Å²) >= 11 is 0. The second kappa shape index (κ2) is 7.09. The lowest BCUT2D eigenvalue weighted by molar-refractivity contribution is 0.261. The lowest BCUT2D eigenvalue weighted by Gasteiger charge is -2.30. The first-order valence-corrected chi connectivity index (χ1v) is 8.00. The minimum Gasteiger partial charge on any atom is -0.310 e. The second-order valence-electron chi connectivity index (χ2n) is 6.22. The van der Waals surface area contributed by atoms with Gasteiger partial charge in [0.05, 0.1) is 0 Å². The molecule has 1 heteroatoms. The van der Waals surface area contributed by atoms with Crippen LogP contribution in [0.25, 0.3) is 0 Å². The van der Waals surface area contributed by atoms with Crippen LogP contribution in [0.5, 0.6) is 0 Å². The summed E-state index contributed by atoms with van der Waals surface area (Å²) in [6.07, 6.45) is 8.44. The van der Waals surface area contributed by atoms with E-state index in [4.69, 9.17) is 0 Å². The van der Waals surface area contributed by atoms with Crippen LogP contribution in [0.2, 0.25) is 0 Å². The molecule has 19 heavy (non-hydrogen) atoms. The Kier molecular flexibility index (Phi) is 5.45. The molecule has 2 rings (SSSR count). The summed E-state index contributed by atoms with van der Waals surface area (Å²) in [7, 11) is 0. The van der Waals surface area contributed by atoms with Crippen molar-refractivity contribution in [3.8, 4) is 0 Å². The van der Waals surface area contributed by atoms with Crippen molar-refractivity contribution in [2.75, 3.05) is 0 Å². The lowest BCUT2D eigenvalue weighted by Crippen LogP contribution is -2.36. The van der Waals surface area contributed by atoms with Crippen molar-refractivity contribution in [3.63, 3.8) is 0 Å². The number of benzene rings is 1. The van der Waals surface area contributed by atoms with Gasteiger partial charge in [-0.25, -0.2) is 0 Å². The Balaban J connectivity index is 1.93. The fourth-order valence-corrected chi connectivity index (χ4v) is 3.41. The maximum Gasteiger partial charge on any atom is 0.0210 e. The Bertz CT molecular complexity index is 391. The van der Waals surface area contributed by atoms with E-state index in [0.29, 0.717) is 6.04 Å². The van der Waals surface area contributed by atoms with Gasteiger partial charge in [-0.15, -0.1) is 0 Å². The molecule has 1 atom stereocenters. The first-order chi connectivity index (χ1) is 9.20. The summed E-state index contributed by atoms with van der Waals surface area (Å²) in [6.45, 7) is 7.76. The largest absolute Gasteiger partial charge is 0.310 e. The molecule has 0 saturated heterocycles. The number of hydrogen-bond donors (Lipinski definition) is 1. The summed E-state index contributed by atoms with van der Waals surface area (Å²) in [4.78, 5) is 0. The first kappa shape index (κ1) is 14.6. The quantitative estimate of drug-likeness (QED) is 0.804. The van der Waals surface area contributed by atoms with Crippen LogP contribution < -0.4 is 5.32 Å². The summed E-state index contributed by atoms with van der Waals surface area (Å²) in [5, 5.41) is 3.82. The molecule has 0 aliphatic heterocycles. The van der Waals surface area contributed by atoms with Crippen LogP contribution in [0.3, 0.4) is 0 Å². The molecule has 1 nitrogen and oxygen atoms in total. The topological polar surface area (TPSA) is 12.0 Å². The average molecular weight is 259 g/mol. The molecule has 1 aromatic carbocycles. The van der Waals surface area contributed by atoms with Gasteiger partial charge in [0.1, 0.15) is 0 Å². The van der Waals surface area contributed by atoms with Gasteiger partial charge in [0.2, 0.25) is 0 Å². The minimum atomic E-state index is 0.709. The number of aryl methyl sites for hydroxylation is 2. The molecule has 1 aliphatic carbocycles. The Morgan fingerprint density at radius 3 is 2.58 bits per heavy atom. The van der Waals surface area contributed by atoms with Crippen LogP contribution in [0.4, 0.5) is 0 Å². The molecule has 0 heterocycles. The van der Waals surface area contributed by atoms with Crippen molar-refractivity contribution >= 4 is 0 Å². The normalized spacial score (nSPS) is 18.5. The molecule has 1 N–H and O–H groups in total. The standard InChI is InChI=1S/C18H29N/c1-4-18(16-8-6-5-7-9-16)19-13-17-12-14(2)10-11-15(17)3/h10-12,16,18-19H,4-9,13H2,1-3H3. The first-order valence-electron chi connectivity index (χ1n) is 8.00. The van der Waals surface area contributed by atoms with E-state index in [2.05, 4.69) is 44.3 Å². The van der Waals surface area contributed by atoms with E-state index in [-0.39, 0.29) is 0 Å². The highest BCUT2D eigenvalue weighted by atomic mass is 14.9. The highest BCUT2D eigenvalue weighted by Gasteiger charge is 2.21. The Morgan fingerprint density at radius 1 is 1.16 bits per heavy atom. The SMILES string of the molecule is CCC(NCc1cc(C)ccc1C)C1CCCCC1. The van der Waals surface area contributed by atoms with Crippen molar-refractivity contribution < 1.29 is 0 Å². The highest BCUT2D eigenvalue weighted by Crippen LogP contribution is 2.28. The average Bonchev–Trinajstić information content (AvgIpc) is 2.44. The van der Waals surface area contributed by atoms with Gasteiger partial charge in [-0.2, -0.15) is 0 Å². The molecular weight excluding hydrogens is 230 g/mol. The van der Waals surface area contributed by atoms with Crippen molar-refractivity contribution in [1.29, 1.82) is 0 Å². The predicted octanol–water partition coefficient (Wildman–Crippen LogP) is 4.75. The summed E-state index contributed by atoms with van der Waals surface area (Å²) < 4.78 is 0. The van der Waals surface area contributed by atoms with Gasteiger partial charge in [-0.3, -0.25) is 0 Å². The molecule has 0 spiro atoms. The maximum atomic E-state index is 3.82. The van der Waals surface area contributed by atoms with E-state index >= 15 is 0 Å². The Labute approximate surface area is 118 Å². The van der Waals surface area contributed by atoms with E-state index < -0.39 is 0 Å². The fourth-order valence-electron chi connectivity index (χ4n) is 3.41. The second-order valence-corrected chi connectivity index (χ2v) is 6.22. The van der Waals surface area contributed by atoms with Crippen molar-refractivity contribution in [2.24, 2.45) is 5.92 Å². The van der Waals surface area contributed by atoms with Crippen LogP contribution >= 0.6 is 0 Å². The zero-order chi connectivity index (χ0) is 13.7. The molecule has 1 aliphatic rings. The fraction of sp³-hybridized carbons (Fsp3) is 0.667. The maximum absolute atomic E-state index is 3.82. The molecule has 1 aromatic rings. The smallest absolute Gasteiger partial charge is 0.0210 e. The molecule has 106 valence electrons. The highest BCUT2D eigenvalue weighted by molar-refractivity contribution is 5.30. The predicted molar refractivity (Wildman–Crippen MR) is 83.4 cm³/mol. The van der Waals surface area contributed by atoms with Crippen molar-refractivity contribution in [2.45, 2.75) is 71.9 Å². The number of nitrogens with one attached hydrogen (secondary N) is 1. The monoisotopic (exact) mass is 259 g/mol. The van der Waals surface area contributed by atoms with Gasteiger partial charge in [0.25, 0.3) is 0 Å². The molecule has 0 bridgehead atoms. The van der Waals surface area contributed by atoms with Gasteiger partial charge in [0.15, 0.2) is 0 Å². The van der Waals surface area contributed by atoms with Crippen LogP contribution in [0.1, 0.15) is 62.1 Å². The molecule has 1 saturated carbocycles. The van der Waals surface area contributed by atoms with Crippen LogP contribution in [0.15, 0.2) is 18.2 Å². The van der Waals surface area contributed by atoms with Crippen LogP contribution in [-0.2, 0) is 6.54 Å². The molecule has 0 aromatic heterocycles. The Hall–Kier alpha value is -0.820. The summed E-state index contributed by atoms with van der Waals surface area (Å²) in [5.41, 5.74) is 4.25. The van der Waals surface area contributed by atoms with Gasteiger partial charge >= 0.3 is 0 Å². The third-order valence-corrected chi connectivity index (χ3v) is 4.72. The van der Waals surface area contributed by atoms with Crippen LogP contribution in [-0.4, -0.2) is 6.04 Å². The zero-order valence-electron chi connectivity index (χ0n) is 12.8. The van der Waals surface area contributed by atoms with E-state index in [1.54, 1.807) is 0 Å². The third kappa shape index (κ3) is 4.07. The van der Waals surface area contributed by atoms with E-state index in [0.717, 1.165) is 12.5 Å². The molecule has 0 radical (unpaired) electrons. The van der Waals surface area contributed by atoms with E-state index in [9.17, 15) is 0 Å². The molecule has 1 fully saturated rings. The minimum absolute atomic E-state index is 0.709. The lowest BCUT2D eigenvalue weighted by atomic mass is 9.83. The van der Waals surface area contributed by atoms with Gasteiger partial charge in [-0.05, 0) is 50.2 Å². The van der Waals surface area contributed by atoms with Crippen molar-refractivity contribution in [3.05, 3.63) is 34.9 Å². The van der Waals surface area contributed by atoms with E-state index in [1.807, 2.05) is 0 Å². The van der Waals surface area contributed by atoms with Gasteiger partial charge in [0, 0.05) is 12.6 Å².